The maximum Gasteiger partial charge on any atom is 0.322 e. The van der Waals surface area contributed by atoms with Gasteiger partial charge in [0.1, 0.15) is 6.54 Å². The molecule has 0 aliphatic rings. The first-order valence-corrected chi connectivity index (χ1v) is 2.84. The molecule has 0 saturated carbocycles. The fourth-order valence-electron chi connectivity index (χ4n) is 0.407. The molecule has 0 heterocycles. The number of rotatable bonds is 3. The number of aliphatic imine (C=N–C) groups is 1. The second-order valence-corrected chi connectivity index (χ2v) is 1.59. The van der Waals surface area contributed by atoms with Crippen LogP contribution >= 0.6 is 0 Å². The van der Waals surface area contributed by atoms with Gasteiger partial charge in [-0.2, -0.15) is 5.53 Å². The number of nitrogens with two attached hydrogens (primary N) is 1. The average Bonchev–Trinajstić information content (AvgIpc) is 1.97. The van der Waals surface area contributed by atoms with Gasteiger partial charge >= 0.3 is 5.97 Å². The predicted molar refractivity (Wildman–Crippen MR) is 39.5 cm³/mol. The lowest BCUT2D eigenvalue weighted by molar-refractivity contribution is -0.135. The van der Waals surface area contributed by atoms with Crippen molar-refractivity contribution in [2.24, 2.45) is 10.8 Å². The van der Waals surface area contributed by atoms with Crippen molar-refractivity contribution in [3.8, 4) is 0 Å². The molecule has 0 aromatic heterocycles. The van der Waals surface area contributed by atoms with Gasteiger partial charge in [0, 0.05) is 7.05 Å². The first kappa shape index (κ1) is 9.66. The van der Waals surface area contributed by atoms with Crippen LogP contribution in [0.5, 0.6) is 0 Å². The summed E-state index contributed by atoms with van der Waals surface area (Å²) in [5, 5.41) is 10.7. The molecule has 0 aromatic carbocycles. The average molecular weight is 161 g/mol. The van der Waals surface area contributed by atoms with Crippen LogP contribution in [0.15, 0.2) is 4.99 Å². The number of carbonyl (C=O) groups is 1. The van der Waals surface area contributed by atoms with E-state index in [1.165, 1.54) is 7.05 Å². The van der Waals surface area contributed by atoms with E-state index in [2.05, 4.69) is 21.3 Å². The Morgan fingerprint density at radius 1 is 1.73 bits per heavy atom. The Kier molecular flexibility index (Phi) is 4.78. The maximum absolute atomic E-state index is 10.0. The lowest BCUT2D eigenvalue weighted by Gasteiger charge is -2.07. The third-order valence-electron chi connectivity index (χ3n) is 0.821. The van der Waals surface area contributed by atoms with Crippen molar-refractivity contribution in [2.45, 2.75) is 0 Å². The van der Waals surface area contributed by atoms with Crippen LogP contribution in [0.25, 0.3) is 0 Å². The third kappa shape index (κ3) is 5.12. The first-order chi connectivity index (χ1) is 5.20. The summed E-state index contributed by atoms with van der Waals surface area (Å²) in [4.78, 5) is 13.7. The van der Waals surface area contributed by atoms with E-state index in [0.29, 0.717) is 0 Å². The lowest BCUT2D eigenvalue weighted by Crippen LogP contribution is -2.49. The largest absolute Gasteiger partial charge is 0.480 e. The molecule has 0 radical (unpaired) electrons. The fourth-order valence-corrected chi connectivity index (χ4v) is 0.407. The van der Waals surface area contributed by atoms with E-state index in [1.54, 1.807) is 0 Å². The Balaban J connectivity index is 3.62. The number of nitrogens with zero attached hydrogens (tertiary/aromatic N) is 1. The van der Waals surface area contributed by atoms with Gasteiger partial charge in [0.2, 0.25) is 5.96 Å². The van der Waals surface area contributed by atoms with Gasteiger partial charge in [0.05, 0.1) is 0 Å². The minimum atomic E-state index is -0.968. The van der Waals surface area contributed by atoms with Gasteiger partial charge in [-0.05, 0) is 0 Å². The summed E-state index contributed by atoms with van der Waals surface area (Å²) >= 11 is 0. The van der Waals surface area contributed by atoms with E-state index >= 15 is 0 Å². The summed E-state index contributed by atoms with van der Waals surface area (Å²) in [5.74, 6) is 4.19. The number of hydrogen-bond acceptors (Lipinski definition) is 4. The van der Waals surface area contributed by atoms with Crippen molar-refractivity contribution in [3.05, 3.63) is 0 Å². The predicted octanol–water partition coefficient (Wildman–Crippen LogP) is -2.39. The molecule has 0 saturated heterocycles. The Labute approximate surface area is 63.6 Å². The molecule has 0 spiro atoms. The maximum atomic E-state index is 10.0. The molecular weight excluding hydrogens is 150 g/mol. The second kappa shape index (κ2) is 5.45. The van der Waals surface area contributed by atoms with Crippen LogP contribution in [0.3, 0.4) is 0 Å². The summed E-state index contributed by atoms with van der Waals surface area (Å²) in [6, 6.07) is 0. The molecule has 0 bridgehead atoms. The number of guanidine groups is 1. The highest BCUT2D eigenvalue weighted by Crippen LogP contribution is 1.63. The number of aliphatic carboxylic acids is 1. The van der Waals surface area contributed by atoms with Crippen LogP contribution in [-0.2, 0) is 4.79 Å². The van der Waals surface area contributed by atoms with Gasteiger partial charge in [0.25, 0.3) is 0 Å². The molecule has 0 atom stereocenters. The van der Waals surface area contributed by atoms with Crippen LogP contribution in [0.1, 0.15) is 0 Å². The summed E-state index contributed by atoms with van der Waals surface area (Å²) in [6.07, 6.45) is 0. The normalized spacial score (nSPS) is 10.9. The van der Waals surface area contributed by atoms with Crippen LogP contribution in [0, 0.1) is 0 Å². The topological polar surface area (TPSA) is 112 Å². The van der Waals surface area contributed by atoms with Gasteiger partial charge in [-0.15, -0.1) is 0 Å². The van der Waals surface area contributed by atoms with E-state index in [4.69, 9.17) is 10.9 Å². The number of hydrazine groups is 2. The van der Waals surface area contributed by atoms with E-state index < -0.39 is 5.97 Å². The minimum absolute atomic E-state index is 0.207. The summed E-state index contributed by atoms with van der Waals surface area (Å²) in [7, 11) is 1.49. The van der Waals surface area contributed by atoms with E-state index in [-0.39, 0.29) is 12.5 Å². The number of carboxylic acids is 1. The highest BCUT2D eigenvalue weighted by atomic mass is 16.4. The van der Waals surface area contributed by atoms with Crippen molar-refractivity contribution in [3.63, 3.8) is 0 Å². The molecule has 7 heteroatoms. The fraction of sp³-hybridized carbons (Fsp3) is 0.500. The lowest BCUT2D eigenvalue weighted by atomic mass is 10.6. The molecule has 64 valence electrons. The molecule has 0 amide bonds. The quantitative estimate of drug-likeness (QED) is 0.137. The van der Waals surface area contributed by atoms with Gasteiger partial charge in [0.15, 0.2) is 0 Å². The molecule has 0 fully saturated rings. The molecule has 0 aliphatic heterocycles. The van der Waals surface area contributed by atoms with Crippen LogP contribution in [0.4, 0.5) is 0 Å². The molecule has 0 aliphatic carbocycles. The molecular formula is C4H11N5O2. The molecule has 0 unspecified atom stereocenters. The number of nitrogens with one attached hydrogen (secondary N) is 3. The van der Waals surface area contributed by atoms with E-state index in [1.807, 2.05) is 0 Å². The molecule has 0 aromatic rings. The highest BCUT2D eigenvalue weighted by Gasteiger charge is 1.97. The minimum Gasteiger partial charge on any atom is -0.480 e. The standard InChI is InChI=1S/C4H11N5O2/c1-6-4(8-9-5)7-2-3(10)11/h9H,2,5H2,1H3,(H,10,11)(H2,6,7,8). The highest BCUT2D eigenvalue weighted by molar-refractivity contribution is 5.83. The Hall–Kier alpha value is -1.34. The van der Waals surface area contributed by atoms with Crippen molar-refractivity contribution >= 4 is 11.9 Å². The zero-order valence-corrected chi connectivity index (χ0v) is 6.09. The van der Waals surface area contributed by atoms with E-state index in [0.717, 1.165) is 0 Å². The number of carboxylic acid groups (broad SMARTS) is 1. The van der Waals surface area contributed by atoms with Crippen LogP contribution in [0.2, 0.25) is 0 Å². The van der Waals surface area contributed by atoms with Gasteiger partial charge in [-0.25, -0.2) is 0 Å². The third-order valence-corrected chi connectivity index (χ3v) is 0.821. The van der Waals surface area contributed by atoms with Crippen molar-refractivity contribution in [1.82, 2.24) is 16.3 Å². The van der Waals surface area contributed by atoms with Gasteiger partial charge in [-0.3, -0.25) is 21.1 Å². The molecule has 0 rings (SSSR count). The molecule has 11 heavy (non-hydrogen) atoms. The van der Waals surface area contributed by atoms with Gasteiger partial charge < -0.3 is 10.4 Å². The van der Waals surface area contributed by atoms with Gasteiger partial charge in [-0.1, -0.05) is 0 Å². The van der Waals surface area contributed by atoms with Crippen LogP contribution < -0.4 is 22.1 Å². The number of hydrogen-bond donors (Lipinski definition) is 5. The summed E-state index contributed by atoms with van der Waals surface area (Å²) in [5.41, 5.74) is 4.50. The monoisotopic (exact) mass is 161 g/mol. The Bertz CT molecular complexity index is 157. The first-order valence-electron chi connectivity index (χ1n) is 2.84. The zero-order chi connectivity index (χ0) is 8.69. The molecule has 6 N–H and O–H groups in total. The molecule has 7 nitrogen and oxygen atoms in total. The van der Waals surface area contributed by atoms with Crippen molar-refractivity contribution in [2.75, 3.05) is 13.6 Å². The summed E-state index contributed by atoms with van der Waals surface area (Å²) < 4.78 is 0. The second-order valence-electron chi connectivity index (χ2n) is 1.59. The van der Waals surface area contributed by atoms with Crippen LogP contribution in [-0.4, -0.2) is 30.6 Å². The zero-order valence-electron chi connectivity index (χ0n) is 6.09. The summed E-state index contributed by atoms with van der Waals surface area (Å²) in [6.45, 7) is -0.207. The Morgan fingerprint density at radius 2 is 2.36 bits per heavy atom. The van der Waals surface area contributed by atoms with Crippen molar-refractivity contribution in [1.29, 1.82) is 0 Å². The van der Waals surface area contributed by atoms with E-state index in [9.17, 15) is 4.79 Å². The Morgan fingerprint density at radius 3 is 2.73 bits per heavy atom. The van der Waals surface area contributed by atoms with Crippen molar-refractivity contribution < 1.29 is 9.90 Å². The smallest absolute Gasteiger partial charge is 0.322 e. The SMILES string of the molecule is CN=C(NCC(=O)O)NNN.